The van der Waals surface area contributed by atoms with Crippen LogP contribution in [0.3, 0.4) is 0 Å². The first-order valence-corrected chi connectivity index (χ1v) is 5.27. The van der Waals surface area contributed by atoms with Crippen molar-refractivity contribution in [2.75, 3.05) is 0 Å². The van der Waals surface area contributed by atoms with E-state index in [9.17, 15) is 13.2 Å². The third-order valence-corrected chi connectivity index (χ3v) is 2.38. The van der Waals surface area contributed by atoms with Gasteiger partial charge in [-0.1, -0.05) is 0 Å². The van der Waals surface area contributed by atoms with Crippen LogP contribution in [0.2, 0.25) is 0 Å². The molecule has 2 aromatic rings. The summed E-state index contributed by atoms with van der Waals surface area (Å²) >= 11 is 0. The van der Waals surface area contributed by atoms with Crippen molar-refractivity contribution in [1.29, 1.82) is 5.26 Å². The number of ether oxygens (including phenoxy) is 1. The van der Waals surface area contributed by atoms with Crippen molar-refractivity contribution in [2.24, 2.45) is 0 Å². The molecule has 2 rings (SSSR count). The molecule has 1 aromatic heterocycles. The van der Waals surface area contributed by atoms with Crippen molar-refractivity contribution in [3.05, 3.63) is 53.5 Å². The fourth-order valence-electron chi connectivity index (χ4n) is 1.46. The van der Waals surface area contributed by atoms with Gasteiger partial charge in [0.25, 0.3) is 0 Å². The standard InChI is InChI=1S/C13H8F3NO2/c14-13(15,16)10-3-4-12(9(6-10)7-17)19-8-11-2-1-5-18-11/h1-6H,8H2. The van der Waals surface area contributed by atoms with Gasteiger partial charge in [-0.15, -0.1) is 0 Å². The van der Waals surface area contributed by atoms with Crippen LogP contribution >= 0.6 is 0 Å². The maximum absolute atomic E-state index is 12.5. The van der Waals surface area contributed by atoms with Gasteiger partial charge in [0.1, 0.15) is 24.2 Å². The molecule has 3 nitrogen and oxygen atoms in total. The molecule has 19 heavy (non-hydrogen) atoms. The van der Waals surface area contributed by atoms with Crippen molar-refractivity contribution in [2.45, 2.75) is 12.8 Å². The molecule has 98 valence electrons. The molecule has 0 radical (unpaired) electrons. The van der Waals surface area contributed by atoms with Crippen molar-refractivity contribution in [3.63, 3.8) is 0 Å². The molecule has 0 unspecified atom stereocenters. The zero-order chi connectivity index (χ0) is 13.9. The summed E-state index contributed by atoms with van der Waals surface area (Å²) in [6.07, 6.45) is -3.03. The molecule has 1 aromatic carbocycles. The van der Waals surface area contributed by atoms with Crippen LogP contribution in [0.15, 0.2) is 41.0 Å². The Morgan fingerprint density at radius 3 is 2.63 bits per heavy atom. The zero-order valence-electron chi connectivity index (χ0n) is 9.57. The summed E-state index contributed by atoms with van der Waals surface area (Å²) in [6.45, 7) is 0.0487. The second-order valence-electron chi connectivity index (χ2n) is 3.69. The summed E-state index contributed by atoms with van der Waals surface area (Å²) in [5.41, 5.74) is -1.05. The Balaban J connectivity index is 2.20. The maximum atomic E-state index is 12.5. The SMILES string of the molecule is N#Cc1cc(C(F)(F)F)ccc1OCc1ccco1. The molecular formula is C13H8F3NO2. The molecule has 1 heterocycles. The normalized spacial score (nSPS) is 11.1. The minimum atomic E-state index is -4.48. The highest BCUT2D eigenvalue weighted by Gasteiger charge is 2.31. The first-order chi connectivity index (χ1) is 9.00. The molecular weight excluding hydrogens is 259 g/mol. The van der Waals surface area contributed by atoms with Crippen molar-refractivity contribution < 1.29 is 22.3 Å². The van der Waals surface area contributed by atoms with Gasteiger partial charge in [0, 0.05) is 0 Å². The third-order valence-electron chi connectivity index (χ3n) is 2.38. The number of benzene rings is 1. The van der Waals surface area contributed by atoms with Crippen LogP contribution in [0.5, 0.6) is 5.75 Å². The van der Waals surface area contributed by atoms with E-state index in [1.54, 1.807) is 18.2 Å². The predicted molar refractivity (Wildman–Crippen MR) is 59.2 cm³/mol. The van der Waals surface area contributed by atoms with Gasteiger partial charge in [0.15, 0.2) is 0 Å². The van der Waals surface area contributed by atoms with Gasteiger partial charge in [-0.3, -0.25) is 0 Å². The number of nitrogens with zero attached hydrogens (tertiary/aromatic N) is 1. The first kappa shape index (κ1) is 13.0. The number of nitriles is 1. The van der Waals surface area contributed by atoms with E-state index in [2.05, 4.69) is 0 Å². The van der Waals surface area contributed by atoms with Gasteiger partial charge >= 0.3 is 6.18 Å². The lowest BCUT2D eigenvalue weighted by atomic mass is 10.1. The molecule has 0 aliphatic heterocycles. The van der Waals surface area contributed by atoms with Gasteiger partial charge in [-0.05, 0) is 30.3 Å². The van der Waals surface area contributed by atoms with Crippen LogP contribution < -0.4 is 4.74 Å². The summed E-state index contributed by atoms with van der Waals surface area (Å²) in [5, 5.41) is 8.85. The van der Waals surface area contributed by atoms with Gasteiger partial charge in [0.2, 0.25) is 0 Å². The van der Waals surface area contributed by atoms with Crippen LogP contribution in [0.1, 0.15) is 16.9 Å². The van der Waals surface area contributed by atoms with Crippen molar-refractivity contribution in [1.82, 2.24) is 0 Å². The van der Waals surface area contributed by atoms with E-state index >= 15 is 0 Å². The minimum Gasteiger partial charge on any atom is -0.484 e. The van der Waals surface area contributed by atoms with E-state index < -0.39 is 11.7 Å². The van der Waals surface area contributed by atoms with Crippen LogP contribution in [-0.4, -0.2) is 0 Å². The number of furan rings is 1. The van der Waals surface area contributed by atoms with Crippen LogP contribution in [0.25, 0.3) is 0 Å². The summed E-state index contributed by atoms with van der Waals surface area (Å²) in [5.74, 6) is 0.607. The Labute approximate surface area is 106 Å². The molecule has 0 bridgehead atoms. The quantitative estimate of drug-likeness (QED) is 0.850. The lowest BCUT2D eigenvalue weighted by molar-refractivity contribution is -0.137. The highest BCUT2D eigenvalue weighted by molar-refractivity contribution is 5.46. The smallest absolute Gasteiger partial charge is 0.416 e. The summed E-state index contributed by atoms with van der Waals surface area (Å²) < 4.78 is 47.7. The van der Waals surface area contributed by atoms with Crippen LogP contribution in [-0.2, 0) is 12.8 Å². The van der Waals surface area contributed by atoms with E-state index in [1.807, 2.05) is 0 Å². The molecule has 0 spiro atoms. The number of hydrogen-bond acceptors (Lipinski definition) is 3. The fraction of sp³-hybridized carbons (Fsp3) is 0.154. The lowest BCUT2D eigenvalue weighted by Gasteiger charge is -2.10. The van der Waals surface area contributed by atoms with Crippen LogP contribution in [0.4, 0.5) is 13.2 Å². The molecule has 0 aliphatic rings. The van der Waals surface area contributed by atoms with E-state index in [-0.39, 0.29) is 17.9 Å². The molecule has 0 saturated carbocycles. The molecule has 0 aliphatic carbocycles. The second kappa shape index (κ2) is 5.06. The Kier molecular flexibility index (Phi) is 3.47. The summed E-state index contributed by atoms with van der Waals surface area (Å²) in [6, 6.07) is 7.77. The van der Waals surface area contributed by atoms with Crippen molar-refractivity contribution >= 4 is 0 Å². The Morgan fingerprint density at radius 2 is 2.05 bits per heavy atom. The predicted octanol–water partition coefficient (Wildman–Crippen LogP) is 3.75. The highest BCUT2D eigenvalue weighted by Crippen LogP contribution is 2.32. The Bertz CT molecular complexity index is 597. The summed E-state index contributed by atoms with van der Waals surface area (Å²) in [4.78, 5) is 0. The third kappa shape index (κ3) is 3.07. The summed E-state index contributed by atoms with van der Waals surface area (Å²) in [7, 11) is 0. The minimum absolute atomic E-state index is 0.0487. The lowest BCUT2D eigenvalue weighted by Crippen LogP contribution is -2.06. The number of hydrogen-bond donors (Lipinski definition) is 0. The van der Waals surface area contributed by atoms with Gasteiger partial charge in [-0.25, -0.2) is 0 Å². The monoisotopic (exact) mass is 267 g/mol. The molecule has 0 atom stereocenters. The Hall–Kier alpha value is -2.42. The first-order valence-electron chi connectivity index (χ1n) is 5.27. The van der Waals surface area contributed by atoms with E-state index in [4.69, 9.17) is 14.4 Å². The van der Waals surface area contributed by atoms with Gasteiger partial charge in [-0.2, -0.15) is 18.4 Å². The van der Waals surface area contributed by atoms with E-state index in [0.717, 1.165) is 18.2 Å². The second-order valence-corrected chi connectivity index (χ2v) is 3.69. The highest BCUT2D eigenvalue weighted by atomic mass is 19.4. The number of halogens is 3. The topological polar surface area (TPSA) is 46.2 Å². The molecule has 0 fully saturated rings. The molecule has 0 N–H and O–H groups in total. The largest absolute Gasteiger partial charge is 0.484 e. The number of rotatable bonds is 3. The van der Waals surface area contributed by atoms with Gasteiger partial charge in [0.05, 0.1) is 17.4 Å². The van der Waals surface area contributed by atoms with Gasteiger partial charge < -0.3 is 9.15 Å². The average molecular weight is 267 g/mol. The zero-order valence-corrected chi connectivity index (χ0v) is 9.57. The van der Waals surface area contributed by atoms with Crippen LogP contribution in [0, 0.1) is 11.3 Å². The number of alkyl halides is 3. The Morgan fingerprint density at radius 1 is 1.26 bits per heavy atom. The average Bonchev–Trinajstić information content (AvgIpc) is 2.88. The van der Waals surface area contributed by atoms with Crippen molar-refractivity contribution in [3.8, 4) is 11.8 Å². The van der Waals surface area contributed by atoms with E-state index in [0.29, 0.717) is 5.76 Å². The fourth-order valence-corrected chi connectivity index (χ4v) is 1.46. The molecule has 0 amide bonds. The molecule has 6 heteroatoms. The maximum Gasteiger partial charge on any atom is 0.416 e. The van der Waals surface area contributed by atoms with E-state index in [1.165, 1.54) is 6.26 Å². The molecule has 0 saturated heterocycles.